The largest absolute Gasteiger partial charge is 0.496 e. The molecule has 1 aliphatic rings. The van der Waals surface area contributed by atoms with Crippen LogP contribution in [-0.2, 0) is 6.54 Å². The fourth-order valence-electron chi connectivity index (χ4n) is 3.04. The van der Waals surface area contributed by atoms with Crippen LogP contribution in [0.4, 0.5) is 0 Å². The number of rotatable bonds is 5. The van der Waals surface area contributed by atoms with Gasteiger partial charge in [-0.2, -0.15) is 0 Å². The summed E-state index contributed by atoms with van der Waals surface area (Å²) in [5.74, 6) is 1.45. The highest BCUT2D eigenvalue weighted by atomic mass is 16.5. The maximum absolute atomic E-state index is 12.8. The number of aromatic nitrogens is 2. The molecule has 1 aromatic carbocycles. The van der Waals surface area contributed by atoms with Gasteiger partial charge in [-0.05, 0) is 31.7 Å². The SMILES string of the molecule is COc1ccccc1C(=O)N1CC[C@@H](N(C)Cc2ncccn2)C1. The Balaban J connectivity index is 1.63. The van der Waals surface area contributed by atoms with E-state index in [-0.39, 0.29) is 5.91 Å². The van der Waals surface area contributed by atoms with E-state index in [0.717, 1.165) is 18.8 Å². The number of likely N-dealkylation sites (tertiary alicyclic amines) is 1. The highest BCUT2D eigenvalue weighted by Gasteiger charge is 2.30. The number of carbonyl (C=O) groups excluding carboxylic acids is 1. The van der Waals surface area contributed by atoms with Crippen LogP contribution in [0.3, 0.4) is 0 Å². The van der Waals surface area contributed by atoms with Crippen molar-refractivity contribution in [2.45, 2.75) is 19.0 Å². The predicted molar refractivity (Wildman–Crippen MR) is 90.8 cm³/mol. The smallest absolute Gasteiger partial charge is 0.257 e. The molecule has 1 saturated heterocycles. The van der Waals surface area contributed by atoms with Crippen molar-refractivity contribution < 1.29 is 9.53 Å². The van der Waals surface area contributed by atoms with Crippen LogP contribution in [0, 0.1) is 0 Å². The van der Waals surface area contributed by atoms with Crippen LogP contribution >= 0.6 is 0 Å². The van der Waals surface area contributed by atoms with Gasteiger partial charge >= 0.3 is 0 Å². The molecular weight excluding hydrogens is 304 g/mol. The van der Waals surface area contributed by atoms with E-state index in [4.69, 9.17) is 4.74 Å². The first kappa shape index (κ1) is 16.4. The minimum atomic E-state index is 0.0271. The molecule has 0 N–H and O–H groups in total. The minimum absolute atomic E-state index is 0.0271. The summed E-state index contributed by atoms with van der Waals surface area (Å²) in [5, 5.41) is 0. The number of amides is 1. The molecule has 0 saturated carbocycles. The maximum Gasteiger partial charge on any atom is 0.257 e. The molecule has 0 spiro atoms. The molecule has 126 valence electrons. The number of ether oxygens (including phenoxy) is 1. The molecule has 1 amide bonds. The number of methoxy groups -OCH3 is 1. The van der Waals surface area contributed by atoms with Gasteiger partial charge < -0.3 is 9.64 Å². The van der Waals surface area contributed by atoms with Crippen molar-refractivity contribution in [3.05, 3.63) is 54.1 Å². The van der Waals surface area contributed by atoms with Gasteiger partial charge in [0.15, 0.2) is 0 Å². The zero-order valence-corrected chi connectivity index (χ0v) is 14.1. The normalized spacial score (nSPS) is 17.3. The van der Waals surface area contributed by atoms with E-state index >= 15 is 0 Å². The number of benzene rings is 1. The summed E-state index contributed by atoms with van der Waals surface area (Å²) >= 11 is 0. The highest BCUT2D eigenvalue weighted by molar-refractivity contribution is 5.97. The van der Waals surface area contributed by atoms with Gasteiger partial charge in [0.25, 0.3) is 5.91 Å². The number of carbonyl (C=O) groups is 1. The predicted octanol–water partition coefficient (Wildman–Crippen LogP) is 1.83. The van der Waals surface area contributed by atoms with E-state index in [2.05, 4.69) is 21.9 Å². The molecule has 1 aliphatic heterocycles. The lowest BCUT2D eigenvalue weighted by atomic mass is 10.2. The number of para-hydroxylation sites is 1. The first-order chi connectivity index (χ1) is 11.7. The summed E-state index contributed by atoms with van der Waals surface area (Å²) < 4.78 is 5.30. The summed E-state index contributed by atoms with van der Waals surface area (Å²) in [6.45, 7) is 2.14. The van der Waals surface area contributed by atoms with Crippen molar-refractivity contribution in [2.75, 3.05) is 27.2 Å². The van der Waals surface area contributed by atoms with Crippen LogP contribution in [0.25, 0.3) is 0 Å². The average Bonchev–Trinajstić information content (AvgIpc) is 3.12. The third kappa shape index (κ3) is 3.54. The Kier molecular flexibility index (Phi) is 5.05. The molecule has 3 rings (SSSR count). The summed E-state index contributed by atoms with van der Waals surface area (Å²) in [7, 11) is 3.64. The number of nitrogens with zero attached hydrogens (tertiary/aromatic N) is 4. The third-order valence-corrected chi connectivity index (χ3v) is 4.42. The molecule has 2 aromatic rings. The van der Waals surface area contributed by atoms with Gasteiger partial charge in [-0.1, -0.05) is 12.1 Å². The molecular formula is C18H22N4O2. The highest BCUT2D eigenvalue weighted by Crippen LogP contribution is 2.23. The Morgan fingerprint density at radius 1 is 1.29 bits per heavy atom. The summed E-state index contributed by atoms with van der Waals surface area (Å²) in [6.07, 6.45) is 4.45. The topological polar surface area (TPSA) is 58.6 Å². The van der Waals surface area contributed by atoms with E-state index in [1.807, 2.05) is 35.2 Å². The van der Waals surface area contributed by atoms with Gasteiger partial charge in [-0.3, -0.25) is 9.69 Å². The average molecular weight is 326 g/mol. The van der Waals surface area contributed by atoms with Crippen molar-refractivity contribution >= 4 is 5.91 Å². The van der Waals surface area contributed by atoms with E-state index in [0.29, 0.717) is 30.4 Å². The van der Waals surface area contributed by atoms with Gasteiger partial charge in [0.2, 0.25) is 0 Å². The molecule has 6 heteroatoms. The van der Waals surface area contributed by atoms with Crippen LogP contribution in [0.1, 0.15) is 22.6 Å². The monoisotopic (exact) mass is 326 g/mol. The van der Waals surface area contributed by atoms with Crippen LogP contribution < -0.4 is 4.74 Å². The van der Waals surface area contributed by atoms with Crippen molar-refractivity contribution in [1.82, 2.24) is 19.8 Å². The Morgan fingerprint density at radius 3 is 2.79 bits per heavy atom. The fraction of sp³-hybridized carbons (Fsp3) is 0.389. The van der Waals surface area contributed by atoms with Crippen molar-refractivity contribution in [3.63, 3.8) is 0 Å². The first-order valence-corrected chi connectivity index (χ1v) is 8.07. The second-order valence-corrected chi connectivity index (χ2v) is 5.97. The van der Waals surface area contributed by atoms with Gasteiger partial charge in [-0.25, -0.2) is 9.97 Å². The molecule has 6 nitrogen and oxygen atoms in total. The number of hydrogen-bond donors (Lipinski definition) is 0. The second kappa shape index (κ2) is 7.40. The van der Waals surface area contributed by atoms with E-state index in [9.17, 15) is 4.79 Å². The number of hydrogen-bond acceptors (Lipinski definition) is 5. The van der Waals surface area contributed by atoms with Gasteiger partial charge in [0.05, 0.1) is 19.2 Å². The van der Waals surface area contributed by atoms with Crippen molar-refractivity contribution in [3.8, 4) is 5.75 Å². The molecule has 0 unspecified atom stereocenters. The lowest BCUT2D eigenvalue weighted by Gasteiger charge is -2.24. The molecule has 1 atom stereocenters. The lowest BCUT2D eigenvalue weighted by molar-refractivity contribution is 0.0776. The van der Waals surface area contributed by atoms with Crippen LogP contribution in [0.5, 0.6) is 5.75 Å². The molecule has 0 radical (unpaired) electrons. The molecule has 24 heavy (non-hydrogen) atoms. The summed E-state index contributed by atoms with van der Waals surface area (Å²) in [6, 6.07) is 9.49. The third-order valence-electron chi connectivity index (χ3n) is 4.42. The molecule has 1 fully saturated rings. The first-order valence-electron chi connectivity index (χ1n) is 8.07. The second-order valence-electron chi connectivity index (χ2n) is 5.97. The Hall–Kier alpha value is -2.47. The summed E-state index contributed by atoms with van der Waals surface area (Å²) in [5.41, 5.74) is 0.620. The van der Waals surface area contributed by atoms with Crippen LogP contribution in [0.15, 0.2) is 42.7 Å². The quantitative estimate of drug-likeness (QED) is 0.839. The zero-order chi connectivity index (χ0) is 16.9. The molecule has 2 heterocycles. The van der Waals surface area contributed by atoms with Crippen LogP contribution in [0.2, 0.25) is 0 Å². The van der Waals surface area contributed by atoms with Gasteiger partial charge in [0, 0.05) is 31.5 Å². The molecule has 0 aliphatic carbocycles. The van der Waals surface area contributed by atoms with Gasteiger partial charge in [-0.15, -0.1) is 0 Å². The lowest BCUT2D eigenvalue weighted by Crippen LogP contribution is -2.36. The maximum atomic E-state index is 12.8. The molecule has 0 bridgehead atoms. The van der Waals surface area contributed by atoms with E-state index in [1.54, 1.807) is 19.5 Å². The van der Waals surface area contributed by atoms with Crippen molar-refractivity contribution in [2.24, 2.45) is 0 Å². The number of likely N-dealkylation sites (N-methyl/N-ethyl adjacent to an activating group) is 1. The van der Waals surface area contributed by atoms with E-state index < -0.39 is 0 Å². The fourth-order valence-corrected chi connectivity index (χ4v) is 3.04. The molecule has 1 aromatic heterocycles. The zero-order valence-electron chi connectivity index (χ0n) is 14.1. The Bertz CT molecular complexity index is 692. The summed E-state index contributed by atoms with van der Waals surface area (Å²) in [4.78, 5) is 25.4. The van der Waals surface area contributed by atoms with E-state index in [1.165, 1.54) is 0 Å². The standard InChI is InChI=1S/C18H22N4O2/c1-21(13-17-19-9-5-10-20-17)14-8-11-22(12-14)18(23)15-6-3-4-7-16(15)24-2/h3-7,9-10,14H,8,11-13H2,1-2H3/t14-/m1/s1. The van der Waals surface area contributed by atoms with Crippen LogP contribution in [-0.4, -0.2) is 59.0 Å². The Morgan fingerprint density at radius 2 is 2.04 bits per heavy atom. The van der Waals surface area contributed by atoms with Crippen molar-refractivity contribution in [1.29, 1.82) is 0 Å². The minimum Gasteiger partial charge on any atom is -0.496 e. The van der Waals surface area contributed by atoms with Gasteiger partial charge in [0.1, 0.15) is 11.6 Å². The Labute approximate surface area is 142 Å².